The van der Waals surface area contributed by atoms with E-state index in [2.05, 4.69) is 146 Å². The fraction of sp³-hybridized carbons (Fsp3) is 0.0408. The van der Waals surface area contributed by atoms with Gasteiger partial charge in [-0.15, -0.1) is 11.3 Å². The van der Waals surface area contributed by atoms with Crippen LogP contribution in [0.25, 0.3) is 98.0 Å². The molecule has 0 amide bonds. The molecule has 0 unspecified atom stereocenters. The van der Waals surface area contributed by atoms with Crippen molar-refractivity contribution >= 4 is 53.2 Å². The SMILES string of the molecule is CC.c1ccc(-c2cc(-c3cc(-c4ccnc5c4sc4ccccc45)ccc3-c3cc4ccccc4c4ccccc34)nc(-c3ccccc3)n2)cc1. The molecule has 0 saturated heterocycles. The number of hydrogen-bond acceptors (Lipinski definition) is 4. The van der Waals surface area contributed by atoms with Crippen LogP contribution in [0.15, 0.2) is 176 Å². The van der Waals surface area contributed by atoms with Gasteiger partial charge in [-0.05, 0) is 68.6 Å². The maximum atomic E-state index is 5.34. The minimum atomic E-state index is 0.697. The number of rotatable bonds is 5. The van der Waals surface area contributed by atoms with Crippen LogP contribution in [-0.4, -0.2) is 15.0 Å². The minimum Gasteiger partial charge on any atom is -0.255 e. The zero-order valence-corrected chi connectivity index (χ0v) is 30.3. The summed E-state index contributed by atoms with van der Waals surface area (Å²) in [6.45, 7) is 4.00. The molecule has 0 aliphatic carbocycles. The first-order chi connectivity index (χ1) is 26.3. The number of pyridine rings is 1. The average molecular weight is 698 g/mol. The number of fused-ring (bicyclic) bond motifs is 6. The van der Waals surface area contributed by atoms with Crippen LogP contribution in [0, 0.1) is 0 Å². The first kappa shape index (κ1) is 32.4. The summed E-state index contributed by atoms with van der Waals surface area (Å²) < 4.78 is 2.42. The van der Waals surface area contributed by atoms with Gasteiger partial charge in [-0.25, -0.2) is 9.97 Å². The largest absolute Gasteiger partial charge is 0.255 e. The molecule has 10 rings (SSSR count). The molecule has 0 saturated carbocycles. The molecule has 0 fully saturated rings. The van der Waals surface area contributed by atoms with Gasteiger partial charge in [-0.1, -0.05) is 153 Å². The molecule has 0 atom stereocenters. The summed E-state index contributed by atoms with van der Waals surface area (Å²) in [6, 6.07) is 60.1. The van der Waals surface area contributed by atoms with Gasteiger partial charge in [-0.3, -0.25) is 4.98 Å². The molecule has 0 bridgehead atoms. The lowest BCUT2D eigenvalue weighted by molar-refractivity contribution is 1.18. The highest BCUT2D eigenvalue weighted by molar-refractivity contribution is 7.26. The second kappa shape index (κ2) is 13.9. The third-order valence-electron chi connectivity index (χ3n) is 9.75. The fourth-order valence-corrected chi connectivity index (χ4v) is 8.52. The van der Waals surface area contributed by atoms with Crippen molar-refractivity contribution in [1.29, 1.82) is 0 Å². The van der Waals surface area contributed by atoms with Crippen LogP contribution >= 0.6 is 11.3 Å². The Morgan fingerprint density at radius 2 is 1.06 bits per heavy atom. The molecule has 252 valence electrons. The van der Waals surface area contributed by atoms with Gasteiger partial charge in [0.1, 0.15) is 0 Å². The fourth-order valence-electron chi connectivity index (χ4n) is 7.33. The Kier molecular flexibility index (Phi) is 8.51. The van der Waals surface area contributed by atoms with Gasteiger partial charge < -0.3 is 0 Å². The Balaban J connectivity index is 0.00000183. The predicted octanol–water partition coefficient (Wildman–Crippen LogP) is 13.9. The first-order valence-corrected chi connectivity index (χ1v) is 18.9. The molecule has 53 heavy (non-hydrogen) atoms. The molecule has 3 nitrogen and oxygen atoms in total. The van der Waals surface area contributed by atoms with E-state index >= 15 is 0 Å². The molecule has 0 spiro atoms. The highest BCUT2D eigenvalue weighted by Crippen LogP contribution is 2.44. The van der Waals surface area contributed by atoms with E-state index in [-0.39, 0.29) is 0 Å². The Bertz CT molecular complexity index is 2860. The van der Waals surface area contributed by atoms with Crippen LogP contribution in [0.3, 0.4) is 0 Å². The van der Waals surface area contributed by atoms with Crippen molar-refractivity contribution in [3.8, 4) is 56.2 Å². The van der Waals surface area contributed by atoms with Gasteiger partial charge in [0.2, 0.25) is 0 Å². The van der Waals surface area contributed by atoms with E-state index in [9.17, 15) is 0 Å². The van der Waals surface area contributed by atoms with Crippen LogP contribution in [0.4, 0.5) is 0 Å². The summed E-state index contributed by atoms with van der Waals surface area (Å²) in [5.74, 6) is 0.697. The molecule has 4 heteroatoms. The van der Waals surface area contributed by atoms with E-state index in [1.54, 1.807) is 11.3 Å². The number of aromatic nitrogens is 3. The Labute approximate surface area is 312 Å². The van der Waals surface area contributed by atoms with Crippen LogP contribution in [0.5, 0.6) is 0 Å². The van der Waals surface area contributed by atoms with Crippen molar-refractivity contribution < 1.29 is 0 Å². The third kappa shape index (κ3) is 5.84. The van der Waals surface area contributed by atoms with Crippen molar-refractivity contribution in [2.75, 3.05) is 0 Å². The lowest BCUT2D eigenvalue weighted by atomic mass is 9.88. The summed E-state index contributed by atoms with van der Waals surface area (Å²) in [5.41, 5.74) is 10.5. The second-order valence-corrected chi connectivity index (χ2v) is 13.8. The second-order valence-electron chi connectivity index (χ2n) is 12.8. The van der Waals surface area contributed by atoms with Crippen molar-refractivity contribution in [1.82, 2.24) is 15.0 Å². The van der Waals surface area contributed by atoms with Crippen molar-refractivity contribution in [3.63, 3.8) is 0 Å². The quantitative estimate of drug-likeness (QED) is 0.168. The van der Waals surface area contributed by atoms with Crippen LogP contribution < -0.4 is 0 Å². The summed E-state index contributed by atoms with van der Waals surface area (Å²) in [4.78, 5) is 15.3. The van der Waals surface area contributed by atoms with Gasteiger partial charge in [0, 0.05) is 38.5 Å². The van der Waals surface area contributed by atoms with Crippen LogP contribution in [0.2, 0.25) is 0 Å². The molecule has 10 aromatic rings. The Morgan fingerprint density at radius 3 is 1.85 bits per heavy atom. The normalized spacial score (nSPS) is 11.2. The Morgan fingerprint density at radius 1 is 0.415 bits per heavy atom. The van der Waals surface area contributed by atoms with Crippen molar-refractivity contribution in [2.45, 2.75) is 13.8 Å². The van der Waals surface area contributed by atoms with Gasteiger partial charge in [0.15, 0.2) is 5.82 Å². The van der Waals surface area contributed by atoms with Crippen LogP contribution in [0.1, 0.15) is 13.8 Å². The minimum absolute atomic E-state index is 0.697. The summed E-state index contributed by atoms with van der Waals surface area (Å²) in [6.07, 6.45) is 1.94. The van der Waals surface area contributed by atoms with E-state index in [1.165, 1.54) is 41.9 Å². The summed E-state index contributed by atoms with van der Waals surface area (Å²) >= 11 is 1.80. The van der Waals surface area contributed by atoms with Crippen LogP contribution in [-0.2, 0) is 0 Å². The van der Waals surface area contributed by atoms with Gasteiger partial charge >= 0.3 is 0 Å². The lowest BCUT2D eigenvalue weighted by Gasteiger charge is -2.17. The molecule has 0 aliphatic rings. The number of nitrogens with zero attached hydrogens (tertiary/aromatic N) is 3. The topological polar surface area (TPSA) is 38.7 Å². The number of thiophene rings is 1. The predicted molar refractivity (Wildman–Crippen MR) is 226 cm³/mol. The zero-order valence-electron chi connectivity index (χ0n) is 29.5. The molecule has 3 aromatic heterocycles. The highest BCUT2D eigenvalue weighted by Gasteiger charge is 2.19. The third-order valence-corrected chi connectivity index (χ3v) is 10.9. The van der Waals surface area contributed by atoms with Crippen molar-refractivity contribution in [2.24, 2.45) is 0 Å². The van der Waals surface area contributed by atoms with Gasteiger partial charge in [0.05, 0.1) is 21.6 Å². The molecule has 0 N–H and O–H groups in total. The number of hydrogen-bond donors (Lipinski definition) is 0. The van der Waals surface area contributed by atoms with E-state index in [0.29, 0.717) is 5.82 Å². The van der Waals surface area contributed by atoms with E-state index < -0.39 is 0 Å². The highest BCUT2D eigenvalue weighted by atomic mass is 32.1. The maximum absolute atomic E-state index is 5.34. The van der Waals surface area contributed by atoms with Crippen molar-refractivity contribution in [3.05, 3.63) is 176 Å². The molecular formula is C49H35N3S. The Hall–Kier alpha value is -6.49. The molecule has 0 aliphatic heterocycles. The lowest BCUT2D eigenvalue weighted by Crippen LogP contribution is -1.98. The maximum Gasteiger partial charge on any atom is 0.160 e. The molecule has 0 radical (unpaired) electrons. The number of benzene rings is 7. The van der Waals surface area contributed by atoms with E-state index in [4.69, 9.17) is 15.0 Å². The standard InChI is InChI=1S/C47H29N3S.C2H6/c1-3-13-30(14-4-1)42-29-43(50-47(49-42)31-15-5-2-6-16-31)41-28-33(35-25-26-48-45-39-21-11-12-22-44(39)51-46(35)45)23-24-38(41)40-27-32-17-7-8-18-34(32)36-19-9-10-20-37(36)40;1-2/h1-29H;1-2H3. The first-order valence-electron chi connectivity index (χ1n) is 18.1. The van der Waals surface area contributed by atoms with Gasteiger partial charge in [-0.2, -0.15) is 0 Å². The molecule has 7 aromatic carbocycles. The van der Waals surface area contributed by atoms with E-state index in [1.807, 2.05) is 44.3 Å². The zero-order chi connectivity index (χ0) is 35.7. The summed E-state index contributed by atoms with van der Waals surface area (Å²) in [7, 11) is 0. The smallest absolute Gasteiger partial charge is 0.160 e. The van der Waals surface area contributed by atoms with E-state index in [0.717, 1.165) is 50.3 Å². The summed E-state index contributed by atoms with van der Waals surface area (Å²) in [5, 5.41) is 6.09. The average Bonchev–Trinajstić information content (AvgIpc) is 3.63. The monoisotopic (exact) mass is 697 g/mol. The molecule has 3 heterocycles. The van der Waals surface area contributed by atoms with Gasteiger partial charge in [0.25, 0.3) is 0 Å². The molecular weight excluding hydrogens is 663 g/mol.